The molecule has 9 heteroatoms. The van der Waals surface area contributed by atoms with E-state index in [-0.39, 0.29) is 21.5 Å². The van der Waals surface area contributed by atoms with E-state index >= 15 is 0 Å². The van der Waals surface area contributed by atoms with Gasteiger partial charge in [0.15, 0.2) is 0 Å². The van der Waals surface area contributed by atoms with Crippen LogP contribution in [-0.4, -0.2) is 30.5 Å². The third kappa shape index (κ3) is 4.08. The first-order valence-corrected chi connectivity index (χ1v) is 10.9. The molecule has 0 fully saturated rings. The van der Waals surface area contributed by atoms with Gasteiger partial charge in [-0.15, -0.1) is 0 Å². The first-order valence-electron chi connectivity index (χ1n) is 9.41. The van der Waals surface area contributed by atoms with Gasteiger partial charge < -0.3 is 21.5 Å². The number of hydrogen-bond donors (Lipinski definition) is 3. The van der Waals surface area contributed by atoms with Crippen molar-refractivity contribution in [2.75, 3.05) is 23.4 Å². The van der Waals surface area contributed by atoms with Crippen LogP contribution in [0.3, 0.4) is 0 Å². The number of sulfone groups is 1. The van der Waals surface area contributed by atoms with Crippen LogP contribution in [0.5, 0.6) is 5.75 Å². The number of anilines is 3. The van der Waals surface area contributed by atoms with Crippen molar-refractivity contribution in [3.63, 3.8) is 0 Å². The lowest BCUT2D eigenvalue weighted by Crippen LogP contribution is -2.16. The molecule has 0 spiro atoms. The van der Waals surface area contributed by atoms with E-state index in [4.69, 9.17) is 11.5 Å². The Bertz CT molecular complexity index is 1350. The highest BCUT2D eigenvalue weighted by Crippen LogP contribution is 2.26. The second-order valence-electron chi connectivity index (χ2n) is 7.17. The predicted molar refractivity (Wildman–Crippen MR) is 120 cm³/mol. The molecule has 1 heterocycles. The maximum atomic E-state index is 12.8. The number of nitrogen functional groups attached to an aromatic ring is 2. The molecule has 0 aliphatic rings. The van der Waals surface area contributed by atoms with Crippen LogP contribution >= 0.6 is 0 Å². The minimum absolute atomic E-state index is 0.0165. The summed E-state index contributed by atoms with van der Waals surface area (Å²) in [5.74, 6) is 0.470. The molecule has 0 unspecified atom stereocenters. The Morgan fingerprint density at radius 3 is 2.16 bits per heavy atom. The summed E-state index contributed by atoms with van der Waals surface area (Å²) in [5.41, 5.74) is 14.1. The SMILES string of the molecule is CN(Cc1ccc(S(=O)(=O)c2ccc(O)cc2)cc1)c1ccc2nc(N)nc(N)c2c1. The average molecular weight is 436 g/mol. The van der Waals surface area contributed by atoms with Crippen LogP contribution in [0.15, 0.2) is 76.5 Å². The lowest BCUT2D eigenvalue weighted by Gasteiger charge is -2.20. The first-order chi connectivity index (χ1) is 14.7. The number of nitrogens with two attached hydrogens (primary N) is 2. The Hall–Kier alpha value is -3.85. The van der Waals surface area contributed by atoms with Crippen molar-refractivity contribution < 1.29 is 13.5 Å². The summed E-state index contributed by atoms with van der Waals surface area (Å²) in [4.78, 5) is 10.5. The van der Waals surface area contributed by atoms with Gasteiger partial charge in [-0.05, 0) is 60.2 Å². The molecule has 0 saturated carbocycles. The number of phenolic OH excluding ortho intramolecular Hbond substituents is 1. The smallest absolute Gasteiger partial charge is 0.222 e. The molecule has 4 rings (SSSR count). The fraction of sp³-hybridized carbons (Fsp3) is 0.0909. The van der Waals surface area contributed by atoms with Gasteiger partial charge in [-0.1, -0.05) is 12.1 Å². The van der Waals surface area contributed by atoms with Crippen LogP contribution in [0.4, 0.5) is 17.5 Å². The summed E-state index contributed by atoms with van der Waals surface area (Å²) in [6.45, 7) is 0.556. The second kappa shape index (κ2) is 7.77. The van der Waals surface area contributed by atoms with Gasteiger partial charge in [0.25, 0.3) is 0 Å². The molecule has 0 bridgehead atoms. The number of benzene rings is 3. The molecule has 0 aliphatic carbocycles. The van der Waals surface area contributed by atoms with Crippen LogP contribution in [0.2, 0.25) is 0 Å². The third-order valence-corrected chi connectivity index (χ3v) is 6.75. The van der Waals surface area contributed by atoms with E-state index in [1.54, 1.807) is 24.3 Å². The Balaban J connectivity index is 1.55. The summed E-state index contributed by atoms with van der Waals surface area (Å²) in [6.07, 6.45) is 0. The predicted octanol–water partition coefficient (Wildman–Crippen LogP) is 2.97. The van der Waals surface area contributed by atoms with Crippen molar-refractivity contribution in [3.8, 4) is 5.75 Å². The van der Waals surface area contributed by atoms with Gasteiger partial charge in [0, 0.05) is 24.7 Å². The summed E-state index contributed by atoms with van der Waals surface area (Å²) >= 11 is 0. The highest BCUT2D eigenvalue weighted by molar-refractivity contribution is 7.91. The highest BCUT2D eigenvalue weighted by atomic mass is 32.2. The Kier molecular flexibility index (Phi) is 5.12. The molecule has 158 valence electrons. The fourth-order valence-electron chi connectivity index (χ4n) is 3.30. The molecule has 0 amide bonds. The molecule has 1 aromatic heterocycles. The van der Waals surface area contributed by atoms with Crippen LogP contribution in [-0.2, 0) is 16.4 Å². The van der Waals surface area contributed by atoms with Gasteiger partial charge in [-0.25, -0.2) is 13.4 Å². The van der Waals surface area contributed by atoms with Gasteiger partial charge in [0.05, 0.1) is 15.3 Å². The Morgan fingerprint density at radius 1 is 0.903 bits per heavy atom. The minimum Gasteiger partial charge on any atom is -0.508 e. The zero-order chi connectivity index (χ0) is 22.2. The lowest BCUT2D eigenvalue weighted by atomic mass is 10.1. The van der Waals surface area contributed by atoms with Crippen LogP contribution in [0, 0.1) is 0 Å². The molecule has 0 radical (unpaired) electrons. The van der Waals surface area contributed by atoms with E-state index < -0.39 is 9.84 Å². The minimum atomic E-state index is -3.65. The van der Waals surface area contributed by atoms with Gasteiger partial charge in [0.2, 0.25) is 15.8 Å². The van der Waals surface area contributed by atoms with Gasteiger partial charge in [-0.3, -0.25) is 0 Å². The molecule has 31 heavy (non-hydrogen) atoms. The van der Waals surface area contributed by atoms with Crippen molar-refractivity contribution in [1.82, 2.24) is 9.97 Å². The molecule has 5 N–H and O–H groups in total. The summed E-state index contributed by atoms with van der Waals surface area (Å²) in [7, 11) is -1.72. The number of hydrogen-bond acceptors (Lipinski definition) is 8. The fourth-order valence-corrected chi connectivity index (χ4v) is 4.56. The van der Waals surface area contributed by atoms with Crippen molar-refractivity contribution in [2.45, 2.75) is 16.3 Å². The van der Waals surface area contributed by atoms with E-state index in [1.165, 1.54) is 24.3 Å². The molecule has 8 nitrogen and oxygen atoms in total. The van der Waals surface area contributed by atoms with Crippen molar-refractivity contribution in [3.05, 3.63) is 72.3 Å². The summed E-state index contributed by atoms with van der Waals surface area (Å²) < 4.78 is 25.5. The molecular formula is C22H21N5O3S. The van der Waals surface area contributed by atoms with E-state index in [9.17, 15) is 13.5 Å². The Labute approximate surface area is 179 Å². The van der Waals surface area contributed by atoms with Crippen LogP contribution in [0.25, 0.3) is 10.9 Å². The molecule has 0 saturated heterocycles. The monoisotopic (exact) mass is 435 g/mol. The number of aromatic hydroxyl groups is 1. The molecule has 0 atom stereocenters. The lowest BCUT2D eigenvalue weighted by molar-refractivity contribution is 0.475. The van der Waals surface area contributed by atoms with E-state index in [2.05, 4.69) is 9.97 Å². The van der Waals surface area contributed by atoms with Crippen molar-refractivity contribution in [2.24, 2.45) is 0 Å². The van der Waals surface area contributed by atoms with E-state index in [0.717, 1.165) is 11.3 Å². The second-order valence-corrected chi connectivity index (χ2v) is 9.12. The van der Waals surface area contributed by atoms with Gasteiger partial charge in [-0.2, -0.15) is 4.98 Å². The quantitative estimate of drug-likeness (QED) is 0.435. The van der Waals surface area contributed by atoms with E-state index in [1.807, 2.05) is 30.1 Å². The number of phenols is 1. The highest BCUT2D eigenvalue weighted by Gasteiger charge is 2.17. The largest absolute Gasteiger partial charge is 0.508 e. The zero-order valence-electron chi connectivity index (χ0n) is 16.7. The molecular weight excluding hydrogens is 414 g/mol. The number of nitrogens with zero attached hydrogens (tertiary/aromatic N) is 3. The topological polar surface area (TPSA) is 135 Å². The molecule has 4 aromatic rings. The molecule has 0 aliphatic heterocycles. The molecule has 3 aromatic carbocycles. The zero-order valence-corrected chi connectivity index (χ0v) is 17.5. The van der Waals surface area contributed by atoms with Crippen LogP contribution < -0.4 is 16.4 Å². The van der Waals surface area contributed by atoms with Crippen molar-refractivity contribution in [1.29, 1.82) is 0 Å². The number of aromatic nitrogens is 2. The maximum Gasteiger partial charge on any atom is 0.222 e. The standard InChI is InChI=1S/C22H21N5O3S/c1-27(15-4-11-20-19(12-15)21(23)26-22(24)25-20)13-14-2-7-17(8-3-14)31(29,30)18-9-5-16(28)6-10-18/h2-12,28H,13H2,1H3,(H4,23,24,25,26). The first kappa shape index (κ1) is 20.4. The van der Waals surface area contributed by atoms with Crippen molar-refractivity contribution >= 4 is 38.2 Å². The van der Waals surface area contributed by atoms with Gasteiger partial charge in [0.1, 0.15) is 11.6 Å². The van der Waals surface area contributed by atoms with E-state index in [0.29, 0.717) is 23.3 Å². The Morgan fingerprint density at radius 2 is 1.52 bits per heavy atom. The van der Waals surface area contributed by atoms with Gasteiger partial charge >= 0.3 is 0 Å². The number of fused-ring (bicyclic) bond motifs is 1. The summed E-state index contributed by atoms with van der Waals surface area (Å²) in [6, 6.07) is 17.9. The number of rotatable bonds is 5. The summed E-state index contributed by atoms with van der Waals surface area (Å²) in [5, 5.41) is 10.1. The maximum absolute atomic E-state index is 12.8. The normalized spacial score (nSPS) is 11.5. The van der Waals surface area contributed by atoms with Crippen LogP contribution in [0.1, 0.15) is 5.56 Å². The third-order valence-electron chi connectivity index (χ3n) is 4.97. The average Bonchev–Trinajstić information content (AvgIpc) is 2.74.